The molecule has 4 nitrogen and oxygen atoms in total. The maximum absolute atomic E-state index is 11.1. The highest BCUT2D eigenvalue weighted by molar-refractivity contribution is 6.34. The molecular weight excluding hydrogens is 285 g/mol. The van der Waals surface area contributed by atoms with Crippen molar-refractivity contribution >= 4 is 29.5 Å². The first-order valence-electron chi connectivity index (χ1n) is 6.06. The Kier molecular flexibility index (Phi) is 3.29. The van der Waals surface area contributed by atoms with Crippen LogP contribution in [0.3, 0.4) is 0 Å². The molecule has 98 valence electrons. The van der Waals surface area contributed by atoms with Crippen LogP contribution in [0.25, 0.3) is 5.69 Å². The van der Waals surface area contributed by atoms with Gasteiger partial charge in [-0.1, -0.05) is 34.8 Å². The van der Waals surface area contributed by atoms with Crippen LogP contribution in [-0.4, -0.2) is 21.3 Å². The van der Waals surface area contributed by atoms with E-state index in [1.165, 1.54) is 6.42 Å². The summed E-state index contributed by atoms with van der Waals surface area (Å²) < 4.78 is 1.67. The first-order chi connectivity index (χ1) is 9.19. The van der Waals surface area contributed by atoms with Gasteiger partial charge < -0.3 is 0 Å². The summed E-state index contributed by atoms with van der Waals surface area (Å²) in [5.41, 5.74) is 2.00. The number of hydrogen-bond acceptors (Lipinski definition) is 3. The molecule has 0 saturated heterocycles. The third kappa shape index (κ3) is 2.26. The van der Waals surface area contributed by atoms with Gasteiger partial charge in [-0.2, -0.15) is 0 Å². The summed E-state index contributed by atoms with van der Waals surface area (Å²) in [5.74, 6) is 0.341. The predicted octanol–water partition coefficient (Wildman–Crippen LogP) is 3.65. The lowest BCUT2D eigenvalue weighted by molar-refractivity contribution is 0.111. The number of aromatic nitrogens is 3. The summed E-state index contributed by atoms with van der Waals surface area (Å²) in [6.07, 6.45) is 4.04. The molecule has 19 heavy (non-hydrogen) atoms. The summed E-state index contributed by atoms with van der Waals surface area (Å²) >= 11 is 12.0. The minimum absolute atomic E-state index is 0.341. The van der Waals surface area contributed by atoms with Crippen molar-refractivity contribution in [3.8, 4) is 5.69 Å². The van der Waals surface area contributed by atoms with Crippen LogP contribution in [0.15, 0.2) is 18.2 Å². The number of rotatable bonds is 3. The maximum atomic E-state index is 11.1. The van der Waals surface area contributed by atoms with Crippen molar-refractivity contribution < 1.29 is 4.79 Å². The van der Waals surface area contributed by atoms with E-state index in [0.29, 0.717) is 21.7 Å². The summed E-state index contributed by atoms with van der Waals surface area (Å²) in [5, 5.41) is 9.06. The van der Waals surface area contributed by atoms with Gasteiger partial charge in [0, 0.05) is 16.0 Å². The lowest BCUT2D eigenvalue weighted by atomic mass is 9.82. The Morgan fingerprint density at radius 1 is 1.21 bits per heavy atom. The fourth-order valence-corrected chi connectivity index (χ4v) is 2.82. The number of hydrogen-bond donors (Lipinski definition) is 0. The Morgan fingerprint density at radius 3 is 2.42 bits per heavy atom. The van der Waals surface area contributed by atoms with E-state index < -0.39 is 0 Å². The van der Waals surface area contributed by atoms with Gasteiger partial charge in [0.05, 0.1) is 11.4 Å². The highest BCUT2D eigenvalue weighted by Crippen LogP contribution is 2.38. The zero-order valence-corrected chi connectivity index (χ0v) is 11.5. The van der Waals surface area contributed by atoms with E-state index in [4.69, 9.17) is 23.2 Å². The zero-order chi connectivity index (χ0) is 13.4. The Hall–Kier alpha value is -1.39. The molecule has 0 spiro atoms. The molecule has 1 aromatic heterocycles. The Morgan fingerprint density at radius 2 is 1.89 bits per heavy atom. The van der Waals surface area contributed by atoms with Crippen LogP contribution in [0.4, 0.5) is 0 Å². The summed E-state index contributed by atoms with van der Waals surface area (Å²) in [7, 11) is 0. The second-order valence-electron chi connectivity index (χ2n) is 4.65. The third-order valence-electron chi connectivity index (χ3n) is 3.43. The molecule has 0 aliphatic heterocycles. The fraction of sp³-hybridized carbons (Fsp3) is 0.308. The van der Waals surface area contributed by atoms with E-state index in [9.17, 15) is 4.79 Å². The molecule has 1 aliphatic rings. The Balaban J connectivity index is 2.13. The van der Waals surface area contributed by atoms with Gasteiger partial charge in [-0.3, -0.25) is 4.79 Å². The molecule has 1 saturated carbocycles. The minimum Gasteiger partial charge on any atom is -0.296 e. The van der Waals surface area contributed by atoms with Crippen molar-refractivity contribution in [1.82, 2.24) is 15.0 Å². The summed E-state index contributed by atoms with van der Waals surface area (Å²) in [6, 6.07) is 5.19. The minimum atomic E-state index is 0.341. The Labute approximate surface area is 120 Å². The molecule has 0 N–H and O–H groups in total. The molecule has 0 bridgehead atoms. The van der Waals surface area contributed by atoms with Crippen molar-refractivity contribution in [3.63, 3.8) is 0 Å². The molecule has 0 atom stereocenters. The van der Waals surface area contributed by atoms with Gasteiger partial charge >= 0.3 is 0 Å². The molecule has 1 aliphatic carbocycles. The van der Waals surface area contributed by atoms with Crippen LogP contribution in [0, 0.1) is 0 Å². The van der Waals surface area contributed by atoms with Crippen molar-refractivity contribution in [3.05, 3.63) is 39.6 Å². The van der Waals surface area contributed by atoms with Crippen LogP contribution in [0.1, 0.15) is 41.4 Å². The number of benzene rings is 1. The number of nitrogens with zero attached hydrogens (tertiary/aromatic N) is 3. The van der Waals surface area contributed by atoms with Crippen LogP contribution in [0.5, 0.6) is 0 Å². The largest absolute Gasteiger partial charge is 0.296 e. The lowest BCUT2D eigenvalue weighted by Gasteiger charge is -2.26. The fourth-order valence-electron chi connectivity index (χ4n) is 2.30. The van der Waals surface area contributed by atoms with E-state index in [0.717, 1.165) is 30.5 Å². The molecule has 0 amide bonds. The van der Waals surface area contributed by atoms with Gasteiger partial charge in [-0.25, -0.2) is 4.68 Å². The van der Waals surface area contributed by atoms with Gasteiger partial charge in [-0.05, 0) is 31.0 Å². The monoisotopic (exact) mass is 295 g/mol. The standard InChI is InChI=1S/C13H11Cl2N3O/c14-9-4-10(15)6-11(5-9)18-13(8-2-1-3-8)12(7-19)16-17-18/h4-8H,1-3H2. The quantitative estimate of drug-likeness (QED) is 0.812. The third-order valence-corrected chi connectivity index (χ3v) is 3.86. The second kappa shape index (κ2) is 4.94. The predicted molar refractivity (Wildman–Crippen MR) is 73.4 cm³/mol. The van der Waals surface area contributed by atoms with Gasteiger partial charge in [0.25, 0.3) is 0 Å². The van der Waals surface area contributed by atoms with Crippen molar-refractivity contribution in [2.75, 3.05) is 0 Å². The molecule has 1 fully saturated rings. The average Bonchev–Trinajstić information content (AvgIpc) is 2.69. The van der Waals surface area contributed by atoms with Crippen LogP contribution in [-0.2, 0) is 0 Å². The smallest absolute Gasteiger partial charge is 0.172 e. The maximum Gasteiger partial charge on any atom is 0.172 e. The van der Waals surface area contributed by atoms with Gasteiger partial charge in [0.15, 0.2) is 6.29 Å². The van der Waals surface area contributed by atoms with Crippen LogP contribution in [0.2, 0.25) is 10.0 Å². The van der Waals surface area contributed by atoms with Crippen LogP contribution >= 0.6 is 23.2 Å². The molecule has 2 aromatic rings. The van der Waals surface area contributed by atoms with Crippen molar-refractivity contribution in [2.45, 2.75) is 25.2 Å². The van der Waals surface area contributed by atoms with Gasteiger partial charge in [-0.15, -0.1) is 5.10 Å². The SMILES string of the molecule is O=Cc1nnn(-c2cc(Cl)cc(Cl)c2)c1C1CCC1. The van der Waals surface area contributed by atoms with E-state index >= 15 is 0 Å². The average molecular weight is 296 g/mol. The molecule has 3 rings (SSSR count). The van der Waals surface area contributed by atoms with Gasteiger partial charge in [0.2, 0.25) is 0 Å². The molecule has 0 unspecified atom stereocenters. The highest BCUT2D eigenvalue weighted by atomic mass is 35.5. The topological polar surface area (TPSA) is 47.8 Å². The number of carbonyl (C=O) groups is 1. The van der Waals surface area contributed by atoms with E-state index in [2.05, 4.69) is 10.3 Å². The number of halogens is 2. The van der Waals surface area contributed by atoms with Crippen molar-refractivity contribution in [2.24, 2.45) is 0 Å². The first-order valence-corrected chi connectivity index (χ1v) is 6.82. The number of carbonyl (C=O) groups excluding carboxylic acids is 1. The molecule has 1 heterocycles. The molecule has 1 aromatic carbocycles. The van der Waals surface area contributed by atoms with Crippen LogP contribution < -0.4 is 0 Å². The summed E-state index contributed by atoms with van der Waals surface area (Å²) in [4.78, 5) is 11.1. The molecule has 0 radical (unpaired) electrons. The normalized spacial score (nSPS) is 15.3. The molecule has 6 heteroatoms. The Bertz CT molecular complexity index is 615. The van der Waals surface area contributed by atoms with Crippen molar-refractivity contribution in [1.29, 1.82) is 0 Å². The second-order valence-corrected chi connectivity index (χ2v) is 5.52. The van der Waals surface area contributed by atoms with E-state index in [1.54, 1.807) is 22.9 Å². The first kappa shape index (κ1) is 12.6. The molecular formula is C13H11Cl2N3O. The lowest BCUT2D eigenvalue weighted by Crippen LogP contribution is -2.15. The van der Waals surface area contributed by atoms with Gasteiger partial charge in [0.1, 0.15) is 5.69 Å². The highest BCUT2D eigenvalue weighted by Gasteiger charge is 2.28. The van der Waals surface area contributed by atoms with E-state index in [1.807, 2.05) is 0 Å². The number of aldehydes is 1. The zero-order valence-electron chi connectivity index (χ0n) is 10.0. The van der Waals surface area contributed by atoms with E-state index in [-0.39, 0.29) is 0 Å². The summed E-state index contributed by atoms with van der Waals surface area (Å²) in [6.45, 7) is 0.